The van der Waals surface area contributed by atoms with Crippen molar-refractivity contribution in [1.82, 2.24) is 0 Å². The zero-order valence-corrected chi connectivity index (χ0v) is 8.14. The zero-order chi connectivity index (χ0) is 10.9. The molecule has 1 aliphatic carbocycles. The van der Waals surface area contributed by atoms with Gasteiger partial charge in [0.2, 0.25) is 0 Å². The van der Waals surface area contributed by atoms with E-state index >= 15 is 0 Å². The lowest BCUT2D eigenvalue weighted by Crippen LogP contribution is -2.47. The number of rotatable bonds is 2. The van der Waals surface area contributed by atoms with Crippen LogP contribution in [0.2, 0.25) is 0 Å². The van der Waals surface area contributed by atoms with E-state index in [4.69, 9.17) is 0 Å². The Kier molecular flexibility index (Phi) is 3.40. The number of halogens is 4. The molecule has 0 aliphatic heterocycles. The molecule has 1 fully saturated rings. The molecule has 1 saturated carbocycles. The zero-order valence-electron chi connectivity index (χ0n) is 8.14. The van der Waals surface area contributed by atoms with Crippen molar-refractivity contribution in [3.05, 3.63) is 0 Å². The van der Waals surface area contributed by atoms with Gasteiger partial charge < -0.3 is 4.74 Å². The van der Waals surface area contributed by atoms with Crippen LogP contribution in [-0.2, 0) is 4.74 Å². The number of methoxy groups -OCH3 is 1. The first-order chi connectivity index (χ1) is 6.38. The molecule has 0 aromatic rings. The maximum atomic E-state index is 13.2. The van der Waals surface area contributed by atoms with Gasteiger partial charge in [0.1, 0.15) is 18.3 Å². The van der Waals surface area contributed by atoms with E-state index in [2.05, 4.69) is 4.74 Å². The Morgan fingerprint density at radius 3 is 1.93 bits per heavy atom. The van der Waals surface area contributed by atoms with Gasteiger partial charge in [-0.2, -0.15) is 8.78 Å². The van der Waals surface area contributed by atoms with E-state index in [1.165, 1.54) is 0 Å². The van der Waals surface area contributed by atoms with Crippen molar-refractivity contribution in [3.8, 4) is 0 Å². The van der Waals surface area contributed by atoms with Crippen molar-refractivity contribution in [2.75, 3.05) is 7.11 Å². The molecular formula is C9H14F4O. The van der Waals surface area contributed by atoms with E-state index in [1.54, 1.807) is 6.92 Å². The van der Waals surface area contributed by atoms with Gasteiger partial charge in [-0.05, 0) is 18.8 Å². The van der Waals surface area contributed by atoms with Crippen LogP contribution in [-0.4, -0.2) is 25.6 Å². The monoisotopic (exact) mass is 214 g/mol. The molecule has 0 aromatic carbocycles. The van der Waals surface area contributed by atoms with E-state index in [9.17, 15) is 17.6 Å². The summed E-state index contributed by atoms with van der Waals surface area (Å²) >= 11 is 0. The molecule has 14 heavy (non-hydrogen) atoms. The SMILES string of the molecule is COC(F)(F)C1C(F)CC(C)CC1F. The first-order valence-corrected chi connectivity index (χ1v) is 4.59. The number of hydrogen-bond acceptors (Lipinski definition) is 1. The van der Waals surface area contributed by atoms with Crippen LogP contribution in [0.1, 0.15) is 19.8 Å². The molecule has 0 saturated heterocycles. The van der Waals surface area contributed by atoms with Crippen molar-refractivity contribution >= 4 is 0 Å². The average Bonchev–Trinajstić information content (AvgIpc) is 2.01. The maximum absolute atomic E-state index is 13.2. The molecule has 0 aromatic heterocycles. The molecule has 0 radical (unpaired) electrons. The number of alkyl halides is 4. The highest BCUT2D eigenvalue weighted by Crippen LogP contribution is 2.42. The Bertz CT molecular complexity index is 185. The van der Waals surface area contributed by atoms with E-state index < -0.39 is 24.4 Å². The summed E-state index contributed by atoms with van der Waals surface area (Å²) in [7, 11) is 0.761. The molecular weight excluding hydrogens is 200 g/mol. The molecule has 0 N–H and O–H groups in total. The van der Waals surface area contributed by atoms with Crippen LogP contribution in [0.25, 0.3) is 0 Å². The topological polar surface area (TPSA) is 9.23 Å². The third kappa shape index (κ3) is 2.19. The standard InChI is InChI=1S/C9H14F4O/c1-5-3-6(10)8(7(11)4-5)9(12,13)14-2/h5-8H,3-4H2,1-2H3. The summed E-state index contributed by atoms with van der Waals surface area (Å²) in [6, 6.07) is 0. The maximum Gasteiger partial charge on any atom is 0.363 e. The summed E-state index contributed by atoms with van der Waals surface area (Å²) < 4.78 is 56.2. The van der Waals surface area contributed by atoms with E-state index in [0.29, 0.717) is 0 Å². The van der Waals surface area contributed by atoms with Gasteiger partial charge in [-0.15, -0.1) is 0 Å². The van der Waals surface area contributed by atoms with Crippen molar-refractivity contribution in [1.29, 1.82) is 0 Å². The van der Waals surface area contributed by atoms with Crippen LogP contribution >= 0.6 is 0 Å². The number of ether oxygens (including phenoxy) is 1. The van der Waals surface area contributed by atoms with Gasteiger partial charge in [0.05, 0.1) is 0 Å². The molecule has 1 nitrogen and oxygen atoms in total. The summed E-state index contributed by atoms with van der Waals surface area (Å²) in [6.45, 7) is 1.65. The minimum absolute atomic E-state index is 0.0238. The summed E-state index contributed by atoms with van der Waals surface area (Å²) in [5.41, 5.74) is 0. The van der Waals surface area contributed by atoms with Crippen LogP contribution in [0.4, 0.5) is 17.6 Å². The predicted octanol–water partition coefficient (Wildman–Crippen LogP) is 2.95. The fraction of sp³-hybridized carbons (Fsp3) is 1.00. The van der Waals surface area contributed by atoms with Crippen molar-refractivity contribution in [2.45, 2.75) is 38.2 Å². The fourth-order valence-electron chi connectivity index (χ4n) is 1.94. The second-order valence-corrected chi connectivity index (χ2v) is 3.90. The second-order valence-electron chi connectivity index (χ2n) is 3.90. The molecule has 0 heterocycles. The quantitative estimate of drug-likeness (QED) is 0.642. The second kappa shape index (κ2) is 4.04. The minimum Gasteiger partial charge on any atom is -0.323 e. The smallest absolute Gasteiger partial charge is 0.323 e. The molecule has 84 valence electrons. The Labute approximate surface area is 80.4 Å². The van der Waals surface area contributed by atoms with E-state index in [1.807, 2.05) is 0 Å². The molecule has 2 unspecified atom stereocenters. The lowest BCUT2D eigenvalue weighted by molar-refractivity contribution is -0.285. The summed E-state index contributed by atoms with van der Waals surface area (Å²) in [4.78, 5) is 0. The summed E-state index contributed by atoms with van der Waals surface area (Å²) in [6.07, 6.45) is -7.42. The average molecular weight is 214 g/mol. The molecule has 0 amide bonds. The van der Waals surface area contributed by atoms with Gasteiger partial charge in [0.25, 0.3) is 0 Å². The van der Waals surface area contributed by atoms with E-state index in [0.717, 1.165) is 7.11 Å². The van der Waals surface area contributed by atoms with Crippen LogP contribution in [0.3, 0.4) is 0 Å². The van der Waals surface area contributed by atoms with Gasteiger partial charge >= 0.3 is 6.11 Å². The van der Waals surface area contributed by atoms with Gasteiger partial charge in [-0.25, -0.2) is 8.78 Å². The largest absolute Gasteiger partial charge is 0.363 e. The van der Waals surface area contributed by atoms with E-state index in [-0.39, 0.29) is 18.8 Å². The van der Waals surface area contributed by atoms with Gasteiger partial charge in [-0.1, -0.05) is 6.92 Å². The molecule has 0 bridgehead atoms. The summed E-state index contributed by atoms with van der Waals surface area (Å²) in [5.74, 6) is -2.15. The Morgan fingerprint density at radius 2 is 1.57 bits per heavy atom. The Morgan fingerprint density at radius 1 is 1.14 bits per heavy atom. The van der Waals surface area contributed by atoms with Gasteiger partial charge in [0.15, 0.2) is 0 Å². The highest BCUT2D eigenvalue weighted by Gasteiger charge is 2.52. The molecule has 2 atom stereocenters. The van der Waals surface area contributed by atoms with Crippen molar-refractivity contribution < 1.29 is 22.3 Å². The van der Waals surface area contributed by atoms with Gasteiger partial charge in [-0.3, -0.25) is 0 Å². The van der Waals surface area contributed by atoms with Crippen LogP contribution < -0.4 is 0 Å². The minimum atomic E-state index is -3.71. The third-order valence-electron chi connectivity index (χ3n) is 2.69. The van der Waals surface area contributed by atoms with Crippen LogP contribution in [0.15, 0.2) is 0 Å². The number of hydrogen-bond donors (Lipinski definition) is 0. The summed E-state index contributed by atoms with van der Waals surface area (Å²) in [5, 5.41) is 0. The molecule has 0 spiro atoms. The molecule has 5 heteroatoms. The molecule has 1 aliphatic rings. The molecule has 1 rings (SSSR count). The highest BCUT2D eigenvalue weighted by atomic mass is 19.3. The normalized spacial score (nSPS) is 39.9. The predicted molar refractivity (Wildman–Crippen MR) is 43.6 cm³/mol. The highest BCUT2D eigenvalue weighted by molar-refractivity contribution is 4.89. The lowest BCUT2D eigenvalue weighted by Gasteiger charge is -2.36. The Hall–Kier alpha value is -0.320. The Balaban J connectivity index is 2.76. The lowest BCUT2D eigenvalue weighted by atomic mass is 9.79. The fourth-order valence-corrected chi connectivity index (χ4v) is 1.94. The van der Waals surface area contributed by atoms with Crippen molar-refractivity contribution in [3.63, 3.8) is 0 Å². The van der Waals surface area contributed by atoms with Crippen molar-refractivity contribution in [2.24, 2.45) is 11.8 Å². The first kappa shape index (κ1) is 11.8. The van der Waals surface area contributed by atoms with Crippen LogP contribution in [0, 0.1) is 11.8 Å². The third-order valence-corrected chi connectivity index (χ3v) is 2.69. The first-order valence-electron chi connectivity index (χ1n) is 4.59. The van der Waals surface area contributed by atoms with Crippen LogP contribution in [0.5, 0.6) is 0 Å². The van der Waals surface area contributed by atoms with Gasteiger partial charge in [0, 0.05) is 7.11 Å².